The first-order valence-corrected chi connectivity index (χ1v) is 8.70. The van der Waals surface area contributed by atoms with Crippen molar-refractivity contribution in [2.45, 2.75) is 24.7 Å². The van der Waals surface area contributed by atoms with Gasteiger partial charge in [0.2, 0.25) is 0 Å². The molecule has 0 heterocycles. The van der Waals surface area contributed by atoms with Crippen LogP contribution < -0.4 is 0 Å². The molecule has 0 amide bonds. The van der Waals surface area contributed by atoms with Gasteiger partial charge in [0.1, 0.15) is 0 Å². The van der Waals surface area contributed by atoms with Crippen LogP contribution in [0.4, 0.5) is 5.69 Å². The Morgan fingerprint density at radius 1 is 1.39 bits per heavy atom. The van der Waals surface area contributed by atoms with Crippen molar-refractivity contribution in [1.29, 1.82) is 0 Å². The molecule has 0 spiro atoms. The van der Waals surface area contributed by atoms with Crippen molar-refractivity contribution < 1.29 is 17.5 Å². The van der Waals surface area contributed by atoms with Crippen LogP contribution >= 0.6 is 0 Å². The summed E-state index contributed by atoms with van der Waals surface area (Å²) in [5.41, 5.74) is 0.915. The van der Waals surface area contributed by atoms with Crippen molar-refractivity contribution in [2.24, 2.45) is 11.8 Å². The standard InChI is InChI=1S/C16H19NO5S/c1-12-3-5-14(6-4-12)13(2)11-22-23(20,21)16-9-7-15(8-10-16)17(18)19/h3,5,7-10,13-14H,1,4,6,11H2,2H3/t13-,14-/m0/s1. The highest BCUT2D eigenvalue weighted by atomic mass is 32.2. The van der Waals surface area contributed by atoms with Gasteiger partial charge in [0.25, 0.3) is 15.8 Å². The molecule has 2 rings (SSSR count). The Balaban J connectivity index is 1.99. The van der Waals surface area contributed by atoms with Crippen molar-refractivity contribution in [3.8, 4) is 0 Å². The molecule has 0 N–H and O–H groups in total. The van der Waals surface area contributed by atoms with Crippen molar-refractivity contribution in [3.05, 3.63) is 58.7 Å². The molecule has 6 nitrogen and oxygen atoms in total. The third-order valence-corrected chi connectivity index (χ3v) is 5.23. The second kappa shape index (κ2) is 7.06. The third kappa shape index (κ3) is 4.49. The predicted octanol–water partition coefficient (Wildman–Crippen LogP) is 3.46. The van der Waals surface area contributed by atoms with Gasteiger partial charge < -0.3 is 0 Å². The van der Waals surface area contributed by atoms with E-state index in [2.05, 4.69) is 6.58 Å². The quantitative estimate of drug-likeness (QED) is 0.451. The van der Waals surface area contributed by atoms with Crippen molar-refractivity contribution in [3.63, 3.8) is 0 Å². The van der Waals surface area contributed by atoms with E-state index in [-0.39, 0.29) is 29.0 Å². The third-order valence-electron chi connectivity index (χ3n) is 3.93. The molecule has 1 aromatic carbocycles. The van der Waals surface area contributed by atoms with E-state index in [0.717, 1.165) is 30.5 Å². The van der Waals surface area contributed by atoms with E-state index in [1.807, 2.05) is 19.1 Å². The highest BCUT2D eigenvalue weighted by Crippen LogP contribution is 2.27. The molecule has 0 unspecified atom stereocenters. The Labute approximate surface area is 135 Å². The summed E-state index contributed by atoms with van der Waals surface area (Å²) in [4.78, 5) is 9.93. The SMILES string of the molecule is C=C1C=C[C@H]([C@@H](C)COS(=O)(=O)c2ccc([N+](=O)[O-])cc2)CC1. The van der Waals surface area contributed by atoms with E-state index >= 15 is 0 Å². The molecule has 0 saturated carbocycles. The molecule has 7 heteroatoms. The van der Waals surface area contributed by atoms with E-state index < -0.39 is 15.0 Å². The highest BCUT2D eigenvalue weighted by molar-refractivity contribution is 7.86. The largest absolute Gasteiger partial charge is 0.296 e. The van der Waals surface area contributed by atoms with Crippen LogP contribution in [-0.2, 0) is 14.3 Å². The summed E-state index contributed by atoms with van der Waals surface area (Å²) in [5.74, 6) is 0.305. The van der Waals surface area contributed by atoms with Gasteiger partial charge in [-0.3, -0.25) is 14.3 Å². The lowest BCUT2D eigenvalue weighted by atomic mass is 9.85. The maximum absolute atomic E-state index is 12.1. The van der Waals surface area contributed by atoms with Crippen molar-refractivity contribution in [2.75, 3.05) is 6.61 Å². The molecule has 0 aliphatic heterocycles. The lowest BCUT2D eigenvalue weighted by Crippen LogP contribution is -2.20. The van der Waals surface area contributed by atoms with Gasteiger partial charge in [-0.2, -0.15) is 8.42 Å². The number of allylic oxidation sites excluding steroid dienone is 3. The molecule has 23 heavy (non-hydrogen) atoms. The summed E-state index contributed by atoms with van der Waals surface area (Å²) in [6.45, 7) is 5.90. The lowest BCUT2D eigenvalue weighted by Gasteiger charge is -2.23. The number of rotatable bonds is 6. The first-order valence-electron chi connectivity index (χ1n) is 7.29. The number of nitro benzene ring substituents is 1. The van der Waals surface area contributed by atoms with E-state index in [9.17, 15) is 18.5 Å². The Morgan fingerprint density at radius 2 is 2.04 bits per heavy atom. The number of nitro groups is 1. The summed E-state index contributed by atoms with van der Waals surface area (Å²) in [6.07, 6.45) is 5.84. The Hall–Kier alpha value is -1.99. The van der Waals surface area contributed by atoms with Crippen LogP contribution in [-0.4, -0.2) is 19.9 Å². The molecule has 2 atom stereocenters. The Bertz CT molecular complexity index is 721. The second-order valence-electron chi connectivity index (χ2n) is 5.69. The number of hydrogen-bond donors (Lipinski definition) is 0. The Kier molecular flexibility index (Phi) is 5.33. The van der Waals surface area contributed by atoms with Crippen LogP contribution in [0.1, 0.15) is 19.8 Å². The van der Waals surface area contributed by atoms with E-state index in [1.165, 1.54) is 12.1 Å². The number of nitrogens with zero attached hydrogens (tertiary/aromatic N) is 1. The van der Waals surface area contributed by atoms with Crippen molar-refractivity contribution in [1.82, 2.24) is 0 Å². The minimum atomic E-state index is -3.91. The predicted molar refractivity (Wildman–Crippen MR) is 86.4 cm³/mol. The molecule has 0 saturated heterocycles. The van der Waals surface area contributed by atoms with E-state index in [0.29, 0.717) is 0 Å². The molecule has 0 radical (unpaired) electrons. The lowest BCUT2D eigenvalue weighted by molar-refractivity contribution is -0.384. The second-order valence-corrected chi connectivity index (χ2v) is 7.30. The summed E-state index contributed by atoms with van der Waals surface area (Å²) >= 11 is 0. The zero-order valence-electron chi connectivity index (χ0n) is 12.8. The summed E-state index contributed by atoms with van der Waals surface area (Å²) in [5, 5.41) is 10.6. The van der Waals surface area contributed by atoms with Gasteiger partial charge in [0.15, 0.2) is 0 Å². The van der Waals surface area contributed by atoms with E-state index in [4.69, 9.17) is 4.18 Å². The molecule has 124 valence electrons. The molecule has 0 fully saturated rings. The average Bonchev–Trinajstić information content (AvgIpc) is 2.53. The van der Waals surface area contributed by atoms with Crippen LogP contribution in [0.2, 0.25) is 0 Å². The van der Waals surface area contributed by atoms with Crippen LogP contribution in [0, 0.1) is 22.0 Å². The fourth-order valence-electron chi connectivity index (χ4n) is 2.39. The average molecular weight is 337 g/mol. The van der Waals surface area contributed by atoms with Gasteiger partial charge in [-0.15, -0.1) is 0 Å². The smallest absolute Gasteiger partial charge is 0.266 e. The van der Waals surface area contributed by atoms with Crippen LogP contribution in [0.15, 0.2) is 53.5 Å². The highest BCUT2D eigenvalue weighted by Gasteiger charge is 2.22. The van der Waals surface area contributed by atoms with Crippen LogP contribution in [0.25, 0.3) is 0 Å². The van der Waals surface area contributed by atoms with Gasteiger partial charge in [0, 0.05) is 12.1 Å². The molecule has 1 aromatic rings. The zero-order valence-corrected chi connectivity index (χ0v) is 13.7. The maximum atomic E-state index is 12.1. The molecule has 1 aliphatic carbocycles. The fraction of sp³-hybridized carbons (Fsp3) is 0.375. The first kappa shape index (κ1) is 17.4. The fourth-order valence-corrected chi connectivity index (χ4v) is 3.39. The first-order chi connectivity index (χ1) is 10.8. The van der Waals surface area contributed by atoms with Gasteiger partial charge in [-0.1, -0.05) is 31.2 Å². The van der Waals surface area contributed by atoms with Gasteiger partial charge >= 0.3 is 0 Å². The molecular formula is C16H19NO5S. The van der Waals surface area contributed by atoms with Crippen molar-refractivity contribution >= 4 is 15.8 Å². The summed E-state index contributed by atoms with van der Waals surface area (Å²) in [6, 6.07) is 4.66. The van der Waals surface area contributed by atoms with Gasteiger partial charge in [-0.25, -0.2) is 0 Å². The van der Waals surface area contributed by atoms with Crippen LogP contribution in [0.3, 0.4) is 0 Å². The van der Waals surface area contributed by atoms with E-state index in [1.54, 1.807) is 0 Å². The molecular weight excluding hydrogens is 318 g/mol. The number of benzene rings is 1. The number of non-ortho nitro benzene ring substituents is 1. The topological polar surface area (TPSA) is 86.5 Å². The van der Waals surface area contributed by atoms with Gasteiger partial charge in [0.05, 0.1) is 16.4 Å². The minimum absolute atomic E-state index is 0.0483. The summed E-state index contributed by atoms with van der Waals surface area (Å²) < 4.78 is 29.4. The minimum Gasteiger partial charge on any atom is -0.266 e. The maximum Gasteiger partial charge on any atom is 0.296 e. The summed E-state index contributed by atoms with van der Waals surface area (Å²) in [7, 11) is -3.91. The van der Waals surface area contributed by atoms with Gasteiger partial charge in [-0.05, 0) is 36.8 Å². The monoisotopic (exact) mass is 337 g/mol. The normalized spacial score (nSPS) is 19.5. The molecule has 1 aliphatic rings. The molecule has 0 aromatic heterocycles. The zero-order chi connectivity index (χ0) is 17.0. The van der Waals surface area contributed by atoms with Crippen LogP contribution in [0.5, 0.6) is 0 Å². The number of hydrogen-bond acceptors (Lipinski definition) is 5. The Morgan fingerprint density at radius 3 is 2.57 bits per heavy atom. The molecule has 0 bridgehead atoms.